The molecule has 0 bridgehead atoms. The molecule has 0 fully saturated rings. The van der Waals surface area contributed by atoms with Crippen molar-refractivity contribution in [3.63, 3.8) is 0 Å². The van der Waals surface area contributed by atoms with Crippen molar-refractivity contribution in [1.29, 1.82) is 0 Å². The number of carbonyl (C=O) groups is 1. The minimum absolute atomic E-state index is 0. The molecule has 2 aromatic rings. The van der Waals surface area contributed by atoms with Crippen molar-refractivity contribution in [3.05, 3.63) is 36.0 Å². The Labute approximate surface area is 106 Å². The standard InChI is InChI=1S/C12H13NO2.Li.H/c14-12(15)7-3-4-9-8-13-11-6-2-1-5-10(9)11;;/h1-2,5-6,8,13H,3-4,7H2,(H,14,15);;. The molecule has 0 saturated heterocycles. The summed E-state index contributed by atoms with van der Waals surface area (Å²) in [6.45, 7) is 0. The molecule has 1 aromatic heterocycles. The van der Waals surface area contributed by atoms with Crippen LogP contribution in [0.3, 0.4) is 0 Å². The van der Waals surface area contributed by atoms with Gasteiger partial charge in [0.05, 0.1) is 0 Å². The molecule has 2 rings (SSSR count). The predicted molar refractivity (Wildman–Crippen MR) is 66.0 cm³/mol. The number of fused-ring (bicyclic) bond motifs is 1. The number of aromatic amines is 1. The van der Waals surface area contributed by atoms with Crippen LogP contribution in [0.2, 0.25) is 0 Å². The Morgan fingerprint density at radius 3 is 2.81 bits per heavy atom. The first-order valence-electron chi connectivity index (χ1n) is 5.04. The van der Waals surface area contributed by atoms with Gasteiger partial charge in [-0.1, -0.05) is 18.2 Å². The second kappa shape index (κ2) is 5.79. The maximum atomic E-state index is 10.4. The SMILES string of the molecule is O=C(O)CCCc1c[nH]c2ccccc12.[LiH]. The number of aliphatic carboxylic acids is 1. The first-order chi connectivity index (χ1) is 7.27. The van der Waals surface area contributed by atoms with Crippen LogP contribution in [0.4, 0.5) is 0 Å². The van der Waals surface area contributed by atoms with Crippen molar-refractivity contribution < 1.29 is 9.90 Å². The van der Waals surface area contributed by atoms with Gasteiger partial charge < -0.3 is 10.1 Å². The van der Waals surface area contributed by atoms with E-state index in [0.29, 0.717) is 6.42 Å². The fraction of sp³-hybridized carbons (Fsp3) is 0.250. The van der Waals surface area contributed by atoms with E-state index in [9.17, 15) is 4.79 Å². The number of carboxylic acids is 1. The number of aromatic nitrogens is 1. The van der Waals surface area contributed by atoms with E-state index in [1.165, 1.54) is 10.9 Å². The Kier molecular flexibility index (Phi) is 4.66. The second-order valence-corrected chi connectivity index (χ2v) is 3.61. The summed E-state index contributed by atoms with van der Waals surface area (Å²) in [6, 6.07) is 8.06. The number of nitrogens with one attached hydrogen (secondary N) is 1. The fourth-order valence-electron chi connectivity index (χ4n) is 1.77. The van der Waals surface area contributed by atoms with Gasteiger partial charge in [0.15, 0.2) is 0 Å². The molecule has 3 nitrogen and oxygen atoms in total. The molecule has 0 spiro atoms. The van der Waals surface area contributed by atoms with Crippen LogP contribution in [0.15, 0.2) is 30.5 Å². The van der Waals surface area contributed by atoms with Crippen LogP contribution in [0.1, 0.15) is 18.4 Å². The number of hydrogen-bond donors (Lipinski definition) is 2. The summed E-state index contributed by atoms with van der Waals surface area (Å²) < 4.78 is 0. The van der Waals surface area contributed by atoms with Crippen LogP contribution in [-0.4, -0.2) is 34.9 Å². The quantitative estimate of drug-likeness (QED) is 0.759. The molecule has 2 N–H and O–H groups in total. The minimum atomic E-state index is -0.727. The van der Waals surface area contributed by atoms with Gasteiger partial charge in [-0.2, -0.15) is 0 Å². The van der Waals surface area contributed by atoms with Gasteiger partial charge in [-0.25, -0.2) is 0 Å². The number of rotatable bonds is 4. The van der Waals surface area contributed by atoms with E-state index in [1.54, 1.807) is 0 Å². The Hall–Kier alpha value is -1.17. The van der Waals surface area contributed by atoms with E-state index in [0.717, 1.165) is 11.9 Å². The monoisotopic (exact) mass is 211 g/mol. The van der Waals surface area contributed by atoms with Gasteiger partial charge in [0, 0.05) is 23.5 Å². The van der Waals surface area contributed by atoms with E-state index < -0.39 is 5.97 Å². The van der Waals surface area contributed by atoms with Gasteiger partial charge in [-0.05, 0) is 24.5 Å². The summed E-state index contributed by atoms with van der Waals surface area (Å²) in [6.07, 6.45) is 3.71. The van der Waals surface area contributed by atoms with Crippen LogP contribution in [0, 0.1) is 0 Å². The first kappa shape index (κ1) is 12.9. The molecule has 0 saturated carbocycles. The number of aryl methyl sites for hydroxylation is 1. The molecule has 0 atom stereocenters. The average Bonchev–Trinajstić information content (AvgIpc) is 2.62. The molecule has 16 heavy (non-hydrogen) atoms. The third kappa shape index (κ3) is 2.91. The molecule has 0 aliphatic rings. The predicted octanol–water partition coefficient (Wildman–Crippen LogP) is 1.93. The maximum absolute atomic E-state index is 10.4. The van der Waals surface area contributed by atoms with Crippen molar-refractivity contribution in [2.45, 2.75) is 19.3 Å². The molecule has 0 unspecified atom stereocenters. The molecule has 0 aliphatic heterocycles. The molecule has 80 valence electrons. The van der Waals surface area contributed by atoms with Crippen LogP contribution in [-0.2, 0) is 11.2 Å². The Morgan fingerprint density at radius 2 is 2.06 bits per heavy atom. The van der Waals surface area contributed by atoms with Crippen molar-refractivity contribution in [3.8, 4) is 0 Å². The third-order valence-corrected chi connectivity index (χ3v) is 2.51. The summed E-state index contributed by atoms with van der Waals surface area (Å²) in [4.78, 5) is 13.6. The molecule has 0 amide bonds. The number of para-hydroxylation sites is 1. The molecular formula is C12H14LiNO2. The van der Waals surface area contributed by atoms with Gasteiger partial charge >= 0.3 is 24.8 Å². The van der Waals surface area contributed by atoms with Crippen LogP contribution < -0.4 is 0 Å². The molecule has 0 radical (unpaired) electrons. The zero-order valence-electron chi connectivity index (χ0n) is 8.36. The van der Waals surface area contributed by atoms with Gasteiger partial charge in [0.1, 0.15) is 0 Å². The van der Waals surface area contributed by atoms with Crippen molar-refractivity contribution in [1.82, 2.24) is 4.98 Å². The van der Waals surface area contributed by atoms with E-state index in [2.05, 4.69) is 11.1 Å². The van der Waals surface area contributed by atoms with Gasteiger partial charge in [-0.3, -0.25) is 4.79 Å². The molecule has 1 aromatic carbocycles. The molecule has 1 heterocycles. The van der Waals surface area contributed by atoms with E-state index in [4.69, 9.17) is 5.11 Å². The van der Waals surface area contributed by atoms with Crippen molar-refractivity contribution >= 4 is 35.7 Å². The van der Waals surface area contributed by atoms with E-state index in [-0.39, 0.29) is 25.3 Å². The topological polar surface area (TPSA) is 53.1 Å². The summed E-state index contributed by atoms with van der Waals surface area (Å²) >= 11 is 0. The normalized spacial score (nSPS) is 10.0. The summed E-state index contributed by atoms with van der Waals surface area (Å²) in [7, 11) is 0. The zero-order valence-corrected chi connectivity index (χ0v) is 8.36. The number of carboxylic acid groups (broad SMARTS) is 1. The van der Waals surface area contributed by atoms with Crippen LogP contribution in [0.25, 0.3) is 10.9 Å². The number of benzene rings is 1. The summed E-state index contributed by atoms with van der Waals surface area (Å²) in [5, 5.41) is 9.74. The van der Waals surface area contributed by atoms with Crippen LogP contribution >= 0.6 is 0 Å². The summed E-state index contributed by atoms with van der Waals surface area (Å²) in [5.74, 6) is -0.727. The third-order valence-electron chi connectivity index (χ3n) is 2.51. The van der Waals surface area contributed by atoms with Crippen LogP contribution in [0.5, 0.6) is 0 Å². The van der Waals surface area contributed by atoms with Crippen molar-refractivity contribution in [2.75, 3.05) is 0 Å². The Bertz CT molecular complexity index is 479. The molecular weight excluding hydrogens is 197 g/mol. The Balaban J connectivity index is 0.00000128. The number of hydrogen-bond acceptors (Lipinski definition) is 1. The van der Waals surface area contributed by atoms with Crippen molar-refractivity contribution in [2.24, 2.45) is 0 Å². The van der Waals surface area contributed by atoms with E-state index >= 15 is 0 Å². The van der Waals surface area contributed by atoms with Gasteiger partial charge in [0.2, 0.25) is 0 Å². The first-order valence-corrected chi connectivity index (χ1v) is 5.04. The zero-order chi connectivity index (χ0) is 10.7. The number of H-pyrrole nitrogens is 1. The molecule has 4 heteroatoms. The second-order valence-electron chi connectivity index (χ2n) is 3.61. The molecule has 0 aliphatic carbocycles. The van der Waals surface area contributed by atoms with E-state index in [1.807, 2.05) is 24.4 Å². The summed E-state index contributed by atoms with van der Waals surface area (Å²) in [5.41, 5.74) is 2.31. The average molecular weight is 211 g/mol. The fourth-order valence-corrected chi connectivity index (χ4v) is 1.77. The van der Waals surface area contributed by atoms with Gasteiger partial charge in [-0.15, -0.1) is 0 Å². The Morgan fingerprint density at radius 1 is 1.31 bits per heavy atom. The van der Waals surface area contributed by atoms with Gasteiger partial charge in [0.25, 0.3) is 0 Å².